The fourth-order valence-corrected chi connectivity index (χ4v) is 2.06. The number of rotatable bonds is 3. The number of carbonyl (C=O) groups is 1. The fourth-order valence-electron chi connectivity index (χ4n) is 1.89. The molecule has 0 aliphatic rings. The molecule has 0 unspecified atom stereocenters. The van der Waals surface area contributed by atoms with Gasteiger partial charge in [-0.15, -0.1) is 0 Å². The van der Waals surface area contributed by atoms with E-state index >= 15 is 0 Å². The van der Waals surface area contributed by atoms with Crippen molar-refractivity contribution in [2.45, 2.75) is 0 Å². The smallest absolute Gasteiger partial charge is 0.328 e. The van der Waals surface area contributed by atoms with Crippen LogP contribution in [0.2, 0.25) is 0 Å². The fraction of sp³-hybridized carbons (Fsp3) is 0. The van der Waals surface area contributed by atoms with E-state index < -0.39 is 5.91 Å². The van der Waals surface area contributed by atoms with E-state index in [2.05, 4.69) is 26.3 Å². The summed E-state index contributed by atoms with van der Waals surface area (Å²) >= 11 is 5.07. The lowest BCUT2D eigenvalue weighted by molar-refractivity contribution is 0.0900. The minimum Gasteiger partial charge on any atom is -0.508 e. The van der Waals surface area contributed by atoms with Crippen LogP contribution in [0.25, 0.3) is 11.4 Å². The summed E-state index contributed by atoms with van der Waals surface area (Å²) < 4.78 is 4.92. The van der Waals surface area contributed by atoms with Gasteiger partial charge in [-0.05, 0) is 48.6 Å². The predicted octanol–water partition coefficient (Wildman–Crippen LogP) is 2.07. The van der Waals surface area contributed by atoms with Gasteiger partial charge in [0.25, 0.3) is 0 Å². The zero-order chi connectivity index (χ0) is 17.6. The van der Waals surface area contributed by atoms with E-state index in [9.17, 15) is 9.90 Å². The molecule has 4 N–H and O–H groups in total. The molecular formula is C16H13N5O3S. The van der Waals surface area contributed by atoms with Crippen LogP contribution < -0.4 is 16.2 Å². The third-order valence-corrected chi connectivity index (χ3v) is 3.27. The second-order valence-electron chi connectivity index (χ2n) is 4.87. The van der Waals surface area contributed by atoms with Gasteiger partial charge in [0.05, 0.1) is 0 Å². The number of amides is 1. The SMILES string of the molecule is O=C(NNC(=S)Nc1ccccc1)c1nc(-c2ccc(O)cc2)no1. The van der Waals surface area contributed by atoms with Crippen LogP contribution in [-0.4, -0.2) is 26.3 Å². The highest BCUT2D eigenvalue weighted by Gasteiger charge is 2.16. The maximum Gasteiger partial charge on any atom is 0.328 e. The van der Waals surface area contributed by atoms with Gasteiger partial charge in [0.2, 0.25) is 5.82 Å². The first-order valence-corrected chi connectivity index (χ1v) is 7.58. The van der Waals surface area contributed by atoms with Crippen molar-refractivity contribution in [1.82, 2.24) is 21.0 Å². The normalized spacial score (nSPS) is 10.1. The second-order valence-corrected chi connectivity index (χ2v) is 5.28. The van der Waals surface area contributed by atoms with E-state index in [1.807, 2.05) is 30.3 Å². The molecule has 0 bridgehead atoms. The van der Waals surface area contributed by atoms with Gasteiger partial charge < -0.3 is 14.9 Å². The van der Waals surface area contributed by atoms with Crippen molar-refractivity contribution in [1.29, 1.82) is 0 Å². The molecule has 0 saturated heterocycles. The van der Waals surface area contributed by atoms with Crippen LogP contribution in [0.15, 0.2) is 59.1 Å². The summed E-state index contributed by atoms with van der Waals surface area (Å²) in [5.41, 5.74) is 6.30. The van der Waals surface area contributed by atoms with Gasteiger partial charge in [-0.25, -0.2) is 0 Å². The quantitative estimate of drug-likeness (QED) is 0.417. The molecule has 1 heterocycles. The van der Waals surface area contributed by atoms with Crippen molar-refractivity contribution in [3.63, 3.8) is 0 Å². The van der Waals surface area contributed by atoms with Gasteiger partial charge in [0.15, 0.2) is 5.11 Å². The predicted molar refractivity (Wildman–Crippen MR) is 94.7 cm³/mol. The van der Waals surface area contributed by atoms with Crippen molar-refractivity contribution < 1.29 is 14.4 Å². The number of hydrogen-bond acceptors (Lipinski definition) is 6. The van der Waals surface area contributed by atoms with Crippen LogP contribution in [0, 0.1) is 0 Å². The highest BCUT2D eigenvalue weighted by atomic mass is 32.1. The number of carbonyl (C=O) groups excluding carboxylic acids is 1. The Kier molecular flexibility index (Phi) is 4.86. The molecule has 25 heavy (non-hydrogen) atoms. The van der Waals surface area contributed by atoms with E-state index in [0.29, 0.717) is 5.56 Å². The van der Waals surface area contributed by atoms with Gasteiger partial charge in [-0.2, -0.15) is 4.98 Å². The van der Waals surface area contributed by atoms with Crippen molar-refractivity contribution in [3.8, 4) is 17.1 Å². The Morgan fingerprint density at radius 3 is 2.48 bits per heavy atom. The standard InChI is InChI=1S/C16H13N5O3S/c22-12-8-6-10(7-9-12)13-18-15(24-21-13)14(23)19-20-16(25)17-11-4-2-1-3-5-11/h1-9,22H,(H,19,23)(H2,17,20,25). The first-order chi connectivity index (χ1) is 12.1. The maximum absolute atomic E-state index is 12.0. The minimum absolute atomic E-state index is 0.119. The number of nitrogens with zero attached hydrogens (tertiary/aromatic N) is 2. The molecule has 0 saturated carbocycles. The highest BCUT2D eigenvalue weighted by molar-refractivity contribution is 7.80. The third-order valence-electron chi connectivity index (χ3n) is 3.07. The first-order valence-electron chi connectivity index (χ1n) is 7.17. The van der Waals surface area contributed by atoms with E-state index in [0.717, 1.165) is 5.69 Å². The maximum atomic E-state index is 12.0. The van der Waals surface area contributed by atoms with E-state index in [1.165, 1.54) is 12.1 Å². The first kappa shape index (κ1) is 16.4. The third kappa shape index (κ3) is 4.30. The molecule has 0 spiro atoms. The molecule has 3 rings (SSSR count). The number of para-hydroxylation sites is 1. The van der Waals surface area contributed by atoms with Crippen LogP contribution in [0.1, 0.15) is 10.7 Å². The molecule has 0 fully saturated rings. The van der Waals surface area contributed by atoms with Gasteiger partial charge in [0, 0.05) is 11.3 Å². The van der Waals surface area contributed by atoms with Crippen molar-refractivity contribution in [3.05, 3.63) is 60.5 Å². The molecular weight excluding hydrogens is 342 g/mol. The molecule has 3 aromatic rings. The summed E-state index contributed by atoms with van der Waals surface area (Å²) in [6.45, 7) is 0. The Hall–Kier alpha value is -3.46. The number of phenols is 1. The summed E-state index contributed by atoms with van der Waals surface area (Å²) in [4.78, 5) is 16.0. The minimum atomic E-state index is -0.630. The number of anilines is 1. The molecule has 9 heteroatoms. The lowest BCUT2D eigenvalue weighted by Gasteiger charge is -2.09. The summed E-state index contributed by atoms with van der Waals surface area (Å²) in [5.74, 6) is -0.503. The summed E-state index contributed by atoms with van der Waals surface area (Å²) in [7, 11) is 0. The number of aromatic hydroxyl groups is 1. The van der Waals surface area contributed by atoms with Crippen molar-refractivity contribution in [2.24, 2.45) is 0 Å². The van der Waals surface area contributed by atoms with E-state index in [-0.39, 0.29) is 22.6 Å². The molecule has 2 aromatic carbocycles. The summed E-state index contributed by atoms with van der Waals surface area (Å²) in [6, 6.07) is 15.4. The second kappa shape index (κ2) is 7.41. The number of benzene rings is 2. The largest absolute Gasteiger partial charge is 0.508 e. The molecule has 126 valence electrons. The molecule has 1 amide bonds. The van der Waals surface area contributed by atoms with Crippen LogP contribution in [0.4, 0.5) is 5.69 Å². The van der Waals surface area contributed by atoms with Gasteiger partial charge in [0.1, 0.15) is 5.75 Å². The average Bonchev–Trinajstić information content (AvgIpc) is 3.11. The Morgan fingerprint density at radius 1 is 1.04 bits per heavy atom. The molecule has 1 aromatic heterocycles. The van der Waals surface area contributed by atoms with Crippen LogP contribution in [0.3, 0.4) is 0 Å². The number of hydrogen-bond donors (Lipinski definition) is 4. The average molecular weight is 355 g/mol. The molecule has 8 nitrogen and oxygen atoms in total. The Bertz CT molecular complexity index is 880. The Morgan fingerprint density at radius 2 is 1.76 bits per heavy atom. The summed E-state index contributed by atoms with van der Waals surface area (Å²) in [6.07, 6.45) is 0. The van der Waals surface area contributed by atoms with Gasteiger partial charge in [-0.3, -0.25) is 15.6 Å². The zero-order valence-electron chi connectivity index (χ0n) is 12.8. The lowest BCUT2D eigenvalue weighted by atomic mass is 10.2. The number of aromatic nitrogens is 2. The zero-order valence-corrected chi connectivity index (χ0v) is 13.6. The van der Waals surface area contributed by atoms with Crippen LogP contribution >= 0.6 is 12.2 Å². The van der Waals surface area contributed by atoms with Crippen molar-refractivity contribution >= 4 is 28.9 Å². The molecule has 0 aliphatic carbocycles. The summed E-state index contributed by atoms with van der Waals surface area (Å²) in [5, 5.41) is 16.1. The highest BCUT2D eigenvalue weighted by Crippen LogP contribution is 2.18. The van der Waals surface area contributed by atoms with Gasteiger partial charge >= 0.3 is 11.8 Å². The number of thiocarbonyl (C=S) groups is 1. The van der Waals surface area contributed by atoms with Crippen LogP contribution in [0.5, 0.6) is 5.75 Å². The Balaban J connectivity index is 1.57. The topological polar surface area (TPSA) is 112 Å². The lowest BCUT2D eigenvalue weighted by Crippen LogP contribution is -2.43. The van der Waals surface area contributed by atoms with Crippen LogP contribution in [-0.2, 0) is 0 Å². The number of hydrazine groups is 1. The number of phenolic OH excluding ortho intramolecular Hbond substituents is 1. The molecule has 0 aliphatic heterocycles. The number of nitrogens with one attached hydrogen (secondary N) is 3. The van der Waals surface area contributed by atoms with E-state index in [4.69, 9.17) is 16.7 Å². The van der Waals surface area contributed by atoms with Gasteiger partial charge in [-0.1, -0.05) is 23.4 Å². The Labute approximate surface area is 147 Å². The van der Waals surface area contributed by atoms with E-state index in [1.54, 1.807) is 12.1 Å². The molecule has 0 radical (unpaired) electrons. The van der Waals surface area contributed by atoms with Crippen molar-refractivity contribution in [2.75, 3.05) is 5.32 Å². The monoisotopic (exact) mass is 355 g/mol. The molecule has 0 atom stereocenters.